The van der Waals surface area contributed by atoms with Crippen molar-refractivity contribution in [1.29, 1.82) is 0 Å². The standard InChI is InChI=1S/C7H9NO2S/c1-2-3-7-4-6(5-11-7)8(9)10/h4-5H,2-3H2,1H3. The van der Waals surface area contributed by atoms with E-state index in [9.17, 15) is 10.1 Å². The largest absolute Gasteiger partial charge is 0.280 e. The zero-order valence-corrected chi connectivity index (χ0v) is 7.06. The van der Waals surface area contributed by atoms with E-state index in [1.165, 1.54) is 11.3 Å². The van der Waals surface area contributed by atoms with Crippen LogP contribution in [-0.4, -0.2) is 4.92 Å². The average molecular weight is 171 g/mol. The van der Waals surface area contributed by atoms with Crippen LogP contribution < -0.4 is 0 Å². The third kappa shape index (κ3) is 2.01. The Hall–Kier alpha value is -0.900. The molecule has 0 aliphatic rings. The van der Waals surface area contributed by atoms with Crippen LogP contribution in [0.5, 0.6) is 0 Å². The van der Waals surface area contributed by atoms with Gasteiger partial charge in [-0.3, -0.25) is 10.1 Å². The number of nitrogens with zero attached hydrogens (tertiary/aromatic N) is 1. The van der Waals surface area contributed by atoms with Crippen molar-refractivity contribution in [1.82, 2.24) is 0 Å². The molecule has 0 aliphatic carbocycles. The molecule has 0 saturated carbocycles. The van der Waals surface area contributed by atoms with Crippen LogP contribution in [-0.2, 0) is 6.42 Å². The molecule has 4 heteroatoms. The highest BCUT2D eigenvalue weighted by atomic mass is 32.1. The first kappa shape index (κ1) is 8.20. The van der Waals surface area contributed by atoms with Crippen LogP contribution in [0.1, 0.15) is 18.2 Å². The van der Waals surface area contributed by atoms with E-state index in [-0.39, 0.29) is 10.6 Å². The summed E-state index contributed by atoms with van der Waals surface area (Å²) in [5.74, 6) is 0. The molecule has 0 radical (unpaired) electrons. The summed E-state index contributed by atoms with van der Waals surface area (Å²) in [5, 5.41) is 11.8. The molecule has 1 heterocycles. The van der Waals surface area contributed by atoms with E-state index < -0.39 is 0 Å². The van der Waals surface area contributed by atoms with Crippen LogP contribution in [0, 0.1) is 10.1 Å². The first-order valence-corrected chi connectivity index (χ1v) is 4.33. The molecule has 0 aromatic carbocycles. The number of nitro groups is 1. The summed E-state index contributed by atoms with van der Waals surface area (Å²) < 4.78 is 0. The second-order valence-corrected chi connectivity index (χ2v) is 3.27. The van der Waals surface area contributed by atoms with Gasteiger partial charge in [-0.2, -0.15) is 0 Å². The molecule has 3 nitrogen and oxygen atoms in total. The van der Waals surface area contributed by atoms with Crippen molar-refractivity contribution in [3.05, 3.63) is 26.4 Å². The van der Waals surface area contributed by atoms with Crippen LogP contribution in [0.25, 0.3) is 0 Å². The van der Waals surface area contributed by atoms with Crippen molar-refractivity contribution in [2.45, 2.75) is 19.8 Å². The van der Waals surface area contributed by atoms with Gasteiger partial charge in [-0.1, -0.05) is 13.3 Å². The zero-order valence-electron chi connectivity index (χ0n) is 6.24. The van der Waals surface area contributed by atoms with Gasteiger partial charge in [0.1, 0.15) is 0 Å². The number of hydrogen-bond donors (Lipinski definition) is 0. The lowest BCUT2D eigenvalue weighted by atomic mass is 10.3. The second kappa shape index (κ2) is 3.48. The quantitative estimate of drug-likeness (QED) is 0.518. The lowest BCUT2D eigenvalue weighted by Crippen LogP contribution is -1.83. The third-order valence-corrected chi connectivity index (χ3v) is 2.33. The summed E-state index contributed by atoms with van der Waals surface area (Å²) in [6, 6.07) is 1.65. The minimum atomic E-state index is -0.352. The first-order valence-electron chi connectivity index (χ1n) is 3.46. The van der Waals surface area contributed by atoms with Crippen LogP contribution >= 0.6 is 11.3 Å². The highest BCUT2D eigenvalue weighted by Gasteiger charge is 2.07. The Bertz CT molecular complexity index is 257. The van der Waals surface area contributed by atoms with Crippen LogP contribution in [0.2, 0.25) is 0 Å². The van der Waals surface area contributed by atoms with E-state index >= 15 is 0 Å². The highest BCUT2D eigenvalue weighted by Crippen LogP contribution is 2.21. The van der Waals surface area contributed by atoms with E-state index in [1.807, 2.05) is 0 Å². The maximum Gasteiger partial charge on any atom is 0.280 e. The second-order valence-electron chi connectivity index (χ2n) is 2.28. The van der Waals surface area contributed by atoms with Crippen molar-refractivity contribution in [3.63, 3.8) is 0 Å². The Morgan fingerprint density at radius 2 is 2.45 bits per heavy atom. The summed E-state index contributed by atoms with van der Waals surface area (Å²) in [4.78, 5) is 11.0. The molecule has 0 spiro atoms. The van der Waals surface area contributed by atoms with Gasteiger partial charge in [-0.15, -0.1) is 11.3 Å². The summed E-state index contributed by atoms with van der Waals surface area (Å²) in [7, 11) is 0. The fourth-order valence-electron chi connectivity index (χ4n) is 0.842. The van der Waals surface area contributed by atoms with Gasteiger partial charge in [0.15, 0.2) is 0 Å². The molecule has 0 saturated heterocycles. The first-order chi connectivity index (χ1) is 5.24. The van der Waals surface area contributed by atoms with E-state index in [1.54, 1.807) is 11.4 Å². The summed E-state index contributed by atoms with van der Waals surface area (Å²) in [5.41, 5.74) is 0.221. The van der Waals surface area contributed by atoms with Gasteiger partial charge in [-0.05, 0) is 6.42 Å². The normalized spacial score (nSPS) is 9.91. The van der Waals surface area contributed by atoms with Crippen molar-refractivity contribution >= 4 is 17.0 Å². The van der Waals surface area contributed by atoms with Gasteiger partial charge < -0.3 is 0 Å². The molecule has 1 aromatic rings. The minimum absolute atomic E-state index is 0.221. The van der Waals surface area contributed by atoms with Gasteiger partial charge in [0.2, 0.25) is 0 Å². The molecule has 1 aromatic heterocycles. The SMILES string of the molecule is CCCc1cc([N+](=O)[O-])cs1. The Morgan fingerprint density at radius 3 is 2.91 bits per heavy atom. The van der Waals surface area contributed by atoms with Gasteiger partial charge >= 0.3 is 0 Å². The number of aryl methyl sites for hydroxylation is 1. The van der Waals surface area contributed by atoms with Crippen molar-refractivity contribution < 1.29 is 4.92 Å². The molecule has 0 fully saturated rings. The summed E-state index contributed by atoms with van der Waals surface area (Å²) in [6.45, 7) is 2.06. The van der Waals surface area contributed by atoms with Crippen LogP contribution in [0.3, 0.4) is 0 Å². The fraction of sp³-hybridized carbons (Fsp3) is 0.429. The zero-order chi connectivity index (χ0) is 8.27. The van der Waals surface area contributed by atoms with E-state index in [4.69, 9.17) is 0 Å². The van der Waals surface area contributed by atoms with Crippen molar-refractivity contribution in [2.75, 3.05) is 0 Å². The molecule has 0 bridgehead atoms. The average Bonchev–Trinajstić information content (AvgIpc) is 2.37. The highest BCUT2D eigenvalue weighted by molar-refractivity contribution is 7.10. The van der Waals surface area contributed by atoms with Crippen LogP contribution in [0.4, 0.5) is 5.69 Å². The lowest BCUT2D eigenvalue weighted by Gasteiger charge is -1.86. The van der Waals surface area contributed by atoms with Gasteiger partial charge in [0.25, 0.3) is 5.69 Å². The predicted molar refractivity (Wildman–Crippen MR) is 45.0 cm³/mol. The Balaban J connectivity index is 2.73. The molecule has 1 rings (SSSR count). The Morgan fingerprint density at radius 1 is 1.73 bits per heavy atom. The fourth-order valence-corrected chi connectivity index (χ4v) is 1.78. The molecular formula is C7H9NO2S. The predicted octanol–water partition coefficient (Wildman–Crippen LogP) is 2.61. The van der Waals surface area contributed by atoms with Crippen LogP contribution in [0.15, 0.2) is 11.4 Å². The van der Waals surface area contributed by atoms with E-state index in [2.05, 4.69) is 6.92 Å². The lowest BCUT2D eigenvalue weighted by molar-refractivity contribution is -0.384. The monoisotopic (exact) mass is 171 g/mol. The molecule has 0 amide bonds. The van der Waals surface area contributed by atoms with E-state index in [0.29, 0.717) is 0 Å². The number of hydrogen-bond acceptors (Lipinski definition) is 3. The van der Waals surface area contributed by atoms with Crippen molar-refractivity contribution in [3.8, 4) is 0 Å². The van der Waals surface area contributed by atoms with Gasteiger partial charge in [0.05, 0.1) is 10.3 Å². The number of thiophene rings is 1. The Kier molecular flexibility index (Phi) is 2.59. The number of rotatable bonds is 3. The minimum Gasteiger partial charge on any atom is -0.258 e. The smallest absolute Gasteiger partial charge is 0.258 e. The molecule has 0 N–H and O–H groups in total. The molecule has 60 valence electrons. The molecule has 0 aliphatic heterocycles. The third-order valence-electron chi connectivity index (χ3n) is 1.35. The maximum atomic E-state index is 10.2. The molecular weight excluding hydrogens is 162 g/mol. The Labute approximate surface area is 68.8 Å². The molecule has 0 atom stereocenters. The van der Waals surface area contributed by atoms with E-state index in [0.717, 1.165) is 17.7 Å². The topological polar surface area (TPSA) is 43.1 Å². The molecule has 0 unspecified atom stereocenters. The van der Waals surface area contributed by atoms with Crippen molar-refractivity contribution in [2.24, 2.45) is 0 Å². The summed E-state index contributed by atoms with van der Waals surface area (Å²) in [6.07, 6.45) is 1.98. The van der Waals surface area contributed by atoms with Gasteiger partial charge in [-0.25, -0.2) is 0 Å². The summed E-state index contributed by atoms with van der Waals surface area (Å²) >= 11 is 1.46. The van der Waals surface area contributed by atoms with Gasteiger partial charge in [0, 0.05) is 10.9 Å². The molecule has 11 heavy (non-hydrogen) atoms. The maximum absolute atomic E-state index is 10.2.